The summed E-state index contributed by atoms with van der Waals surface area (Å²) >= 11 is -0.303. The Morgan fingerprint density at radius 2 is 1.81 bits per heavy atom. The van der Waals surface area contributed by atoms with Gasteiger partial charge < -0.3 is 4.55 Å². The van der Waals surface area contributed by atoms with Crippen LogP contribution in [0.15, 0.2) is 40.6 Å². The third-order valence-electron chi connectivity index (χ3n) is 2.85. The number of nitrogens with zero attached hydrogens (tertiary/aromatic N) is 1. The van der Waals surface area contributed by atoms with Crippen LogP contribution in [0.25, 0.3) is 17.3 Å². The third-order valence-corrected chi connectivity index (χ3v) is 6.25. The van der Waals surface area contributed by atoms with Gasteiger partial charge in [0, 0.05) is 0 Å². The quantitative estimate of drug-likeness (QED) is 0.297. The summed E-state index contributed by atoms with van der Waals surface area (Å²) in [6.07, 6.45) is 3.72. The van der Waals surface area contributed by atoms with Crippen molar-refractivity contribution in [3.05, 3.63) is 44.3 Å². The molecule has 0 aliphatic carbocycles. The summed E-state index contributed by atoms with van der Waals surface area (Å²) in [5, 5.41) is 2.68. The molecule has 1 N–H and O–H groups in total. The molecule has 0 radical (unpaired) electrons. The first-order valence-electron chi connectivity index (χ1n) is 6.92. The molecule has 142 valence electrons. The number of carbonyl (C=O) groups excluding carboxylic acids is 1. The number of benzene rings is 1. The average Bonchev–Trinajstić information content (AvgIpc) is 2.88. The Kier molecular flexibility index (Phi) is 8.02. The first kappa shape index (κ1) is 22.4. The monoisotopic (exact) mass is 506 g/mol. The van der Waals surface area contributed by atoms with Crippen molar-refractivity contribution < 1.29 is 35.5 Å². The standard InChI is InChI=1S/C14H14N2OTe.CHF3O3S/c1-11(17)15-9-8-14-16(2)13(10-18-14)12-6-4-3-5-7-12;2-1(3,4)8(5,6)7/h3-10H,1-2H3;(H,5,6,7). The van der Waals surface area contributed by atoms with E-state index in [-0.39, 0.29) is 26.3 Å². The van der Waals surface area contributed by atoms with E-state index in [0.29, 0.717) is 0 Å². The fourth-order valence-corrected chi connectivity index (χ4v) is 4.30. The van der Waals surface area contributed by atoms with E-state index in [2.05, 4.69) is 45.3 Å². The molecule has 0 bridgehead atoms. The molecule has 0 spiro atoms. The van der Waals surface area contributed by atoms with Crippen molar-refractivity contribution in [2.24, 2.45) is 7.05 Å². The minimum atomic E-state index is -6.09. The van der Waals surface area contributed by atoms with E-state index in [1.807, 2.05) is 12.1 Å². The van der Waals surface area contributed by atoms with Crippen LogP contribution in [-0.2, 0) is 22.0 Å². The molecule has 2 aromatic rings. The smallest absolute Gasteiger partial charge is 0.485 e. The summed E-state index contributed by atoms with van der Waals surface area (Å²) in [6.45, 7) is 1.51. The predicted molar refractivity (Wildman–Crippen MR) is 88.6 cm³/mol. The van der Waals surface area contributed by atoms with Gasteiger partial charge in [0.1, 0.15) is 0 Å². The predicted octanol–water partition coefficient (Wildman–Crippen LogP) is 1.39. The Hall–Kier alpha value is -1.67. The van der Waals surface area contributed by atoms with Gasteiger partial charge in [0.15, 0.2) is 10.1 Å². The molecule has 2 rings (SSSR count). The topological polar surface area (TPSA) is 90.2 Å². The number of alkyl halides is 3. The number of hydrogen-bond donors (Lipinski definition) is 1. The summed E-state index contributed by atoms with van der Waals surface area (Å²) in [7, 11) is -4.02. The van der Waals surface area contributed by atoms with Crippen LogP contribution in [0.5, 0.6) is 0 Å². The molecule has 0 atom stereocenters. The number of carbonyl (C=O) groups is 1. The van der Waals surface area contributed by atoms with Crippen molar-refractivity contribution >= 4 is 42.5 Å². The first-order chi connectivity index (χ1) is 11.9. The van der Waals surface area contributed by atoms with Crippen LogP contribution in [0.3, 0.4) is 0 Å². The SMILES string of the molecule is CC(=O)NC=Cc1[te]cc(-c2ccccc2)[n+]1C.O=S(=O)([O-])C(F)(F)F. The molecule has 1 amide bonds. The van der Waals surface area contributed by atoms with Crippen LogP contribution >= 0.6 is 0 Å². The third kappa shape index (κ3) is 6.91. The Morgan fingerprint density at radius 1 is 1.27 bits per heavy atom. The molecule has 0 aliphatic rings. The number of aromatic nitrogens is 1. The Bertz CT molecular complexity index is 878. The van der Waals surface area contributed by atoms with E-state index in [1.165, 1.54) is 21.9 Å². The van der Waals surface area contributed by atoms with E-state index in [9.17, 15) is 18.0 Å². The van der Waals surface area contributed by atoms with E-state index in [4.69, 9.17) is 13.0 Å². The number of hydrogen-bond acceptors (Lipinski definition) is 4. The maximum absolute atomic E-state index is 10.8. The number of rotatable bonds is 3. The minimum Gasteiger partial charge on any atom is -0.741 e. The van der Waals surface area contributed by atoms with Gasteiger partial charge in [-0.2, -0.15) is 13.2 Å². The van der Waals surface area contributed by atoms with Crippen molar-refractivity contribution in [1.82, 2.24) is 5.32 Å². The fourth-order valence-electron chi connectivity index (χ4n) is 1.65. The fraction of sp³-hybridized carbons (Fsp3) is 0.200. The van der Waals surface area contributed by atoms with Gasteiger partial charge in [0.05, 0.1) is 0 Å². The summed E-state index contributed by atoms with van der Waals surface area (Å²) in [6, 6.07) is 10.4. The molecule has 0 aliphatic heterocycles. The van der Waals surface area contributed by atoms with Gasteiger partial charge in [-0.3, -0.25) is 0 Å². The Labute approximate surface area is 158 Å². The van der Waals surface area contributed by atoms with Crippen LogP contribution in [0, 0.1) is 0 Å². The van der Waals surface area contributed by atoms with Crippen LogP contribution in [0.2, 0.25) is 0 Å². The zero-order valence-corrected chi connectivity index (χ0v) is 16.8. The molecule has 26 heavy (non-hydrogen) atoms. The van der Waals surface area contributed by atoms with Gasteiger partial charge in [0.25, 0.3) is 0 Å². The van der Waals surface area contributed by atoms with Gasteiger partial charge in [-0.25, -0.2) is 8.42 Å². The summed E-state index contributed by atoms with van der Waals surface area (Å²) in [5.41, 5.74) is -3.14. The van der Waals surface area contributed by atoms with E-state index in [1.54, 1.807) is 6.20 Å². The molecule has 1 heterocycles. The van der Waals surface area contributed by atoms with Crippen LogP contribution in [0.1, 0.15) is 10.6 Å². The maximum atomic E-state index is 10.8. The molecule has 0 unspecified atom stereocenters. The van der Waals surface area contributed by atoms with Gasteiger partial charge in [-0.05, 0) is 0 Å². The second-order valence-electron chi connectivity index (χ2n) is 4.82. The van der Waals surface area contributed by atoms with Gasteiger partial charge in [-0.15, -0.1) is 0 Å². The van der Waals surface area contributed by atoms with E-state index >= 15 is 0 Å². The van der Waals surface area contributed by atoms with Crippen molar-refractivity contribution in [3.63, 3.8) is 0 Å². The van der Waals surface area contributed by atoms with E-state index < -0.39 is 15.6 Å². The average molecular weight is 504 g/mol. The molecule has 1 aromatic carbocycles. The van der Waals surface area contributed by atoms with Gasteiger partial charge in [-0.1, -0.05) is 0 Å². The Balaban J connectivity index is 0.000000359. The molecular weight excluding hydrogens is 489 g/mol. The van der Waals surface area contributed by atoms with Crippen molar-refractivity contribution in [2.75, 3.05) is 0 Å². The van der Waals surface area contributed by atoms with Crippen molar-refractivity contribution in [2.45, 2.75) is 12.4 Å². The molecule has 1 aromatic heterocycles. The summed E-state index contributed by atoms with van der Waals surface area (Å²) < 4.78 is 64.7. The number of amides is 1. The first-order valence-corrected chi connectivity index (χ1v) is 10.8. The summed E-state index contributed by atoms with van der Waals surface area (Å²) in [4.78, 5) is 10.8. The largest absolute Gasteiger partial charge is 0.741 e. The van der Waals surface area contributed by atoms with Crippen molar-refractivity contribution in [3.8, 4) is 11.3 Å². The Morgan fingerprint density at radius 3 is 2.27 bits per heavy atom. The minimum absolute atomic E-state index is 0.0376. The van der Waals surface area contributed by atoms with E-state index in [0.717, 1.165) is 0 Å². The second-order valence-corrected chi connectivity index (χ2v) is 8.73. The zero-order valence-electron chi connectivity index (χ0n) is 13.6. The van der Waals surface area contributed by atoms with Gasteiger partial charge in [0.2, 0.25) is 0 Å². The molecular formula is C15H15F3N2O4STe. The summed E-state index contributed by atoms with van der Waals surface area (Å²) in [5.74, 6) is -0.0376. The normalized spacial score (nSPS) is 11.8. The van der Waals surface area contributed by atoms with Crippen molar-refractivity contribution in [1.29, 1.82) is 0 Å². The molecule has 0 fully saturated rings. The number of halogens is 3. The molecule has 6 nitrogen and oxygen atoms in total. The zero-order chi connectivity index (χ0) is 20.0. The van der Waals surface area contributed by atoms with Gasteiger partial charge >= 0.3 is 122 Å². The second kappa shape index (κ2) is 9.32. The maximum Gasteiger partial charge on any atom is 0.485 e. The number of nitrogens with one attached hydrogen (secondary N) is 1. The van der Waals surface area contributed by atoms with Crippen LogP contribution in [-0.4, -0.2) is 44.8 Å². The van der Waals surface area contributed by atoms with Crippen LogP contribution in [0.4, 0.5) is 13.2 Å². The molecule has 0 saturated heterocycles. The molecule has 0 saturated carbocycles. The molecule has 11 heteroatoms. The van der Waals surface area contributed by atoms with Crippen LogP contribution < -0.4 is 9.88 Å².